The molecule has 0 unspecified atom stereocenters. The van der Waals surface area contributed by atoms with E-state index in [2.05, 4.69) is 36.4 Å². The molecule has 0 aliphatic heterocycles. The second kappa shape index (κ2) is 6.08. The summed E-state index contributed by atoms with van der Waals surface area (Å²) >= 11 is 0. The average Bonchev–Trinajstić information content (AvgIpc) is 2.86. The Bertz CT molecular complexity index is 625. The van der Waals surface area contributed by atoms with Crippen LogP contribution in [0.4, 0.5) is 0 Å². The minimum Gasteiger partial charge on any atom is -0.350 e. The first-order valence-corrected chi connectivity index (χ1v) is 7.08. The van der Waals surface area contributed by atoms with Crippen molar-refractivity contribution >= 4 is 5.91 Å². The molecule has 1 N–H and O–H groups in total. The summed E-state index contributed by atoms with van der Waals surface area (Å²) < 4.78 is 1.58. The van der Waals surface area contributed by atoms with Crippen molar-refractivity contribution in [3.63, 3.8) is 0 Å². The monoisotopic (exact) mass is 286 g/mol. The number of nitrogens with zero attached hydrogens (tertiary/aromatic N) is 3. The molecule has 1 heterocycles. The van der Waals surface area contributed by atoms with E-state index in [0.717, 1.165) is 11.3 Å². The number of benzene rings is 1. The number of aryl methyl sites for hydroxylation is 1. The maximum atomic E-state index is 12.0. The van der Waals surface area contributed by atoms with E-state index >= 15 is 0 Å². The smallest absolute Gasteiger partial charge is 0.242 e. The highest BCUT2D eigenvalue weighted by Crippen LogP contribution is 2.18. The van der Waals surface area contributed by atoms with Crippen molar-refractivity contribution in [2.45, 2.75) is 46.2 Å². The number of hydrogen-bond donors (Lipinski definition) is 1. The number of rotatable bonds is 4. The van der Waals surface area contributed by atoms with Crippen molar-refractivity contribution in [3.05, 3.63) is 47.3 Å². The first-order valence-electron chi connectivity index (χ1n) is 7.08. The van der Waals surface area contributed by atoms with Gasteiger partial charge in [-0.2, -0.15) is 0 Å². The van der Waals surface area contributed by atoms with Crippen LogP contribution in [0.25, 0.3) is 0 Å². The standard InChI is InChI=1S/C16H22N4O/c1-12-7-5-6-8-13(12)9-17-15(21)11-20-10-14(18-19-20)16(2,3)4/h5-8,10H,9,11H2,1-4H3,(H,17,21). The summed E-state index contributed by atoms with van der Waals surface area (Å²) in [4.78, 5) is 12.0. The zero-order valence-corrected chi connectivity index (χ0v) is 13.1. The maximum Gasteiger partial charge on any atom is 0.242 e. The maximum absolute atomic E-state index is 12.0. The van der Waals surface area contributed by atoms with Crippen molar-refractivity contribution in [2.24, 2.45) is 0 Å². The van der Waals surface area contributed by atoms with Gasteiger partial charge in [-0.15, -0.1) is 5.10 Å². The Labute approximate surface area is 125 Å². The van der Waals surface area contributed by atoms with Crippen LogP contribution in [-0.2, 0) is 23.3 Å². The topological polar surface area (TPSA) is 59.8 Å². The quantitative estimate of drug-likeness (QED) is 0.937. The van der Waals surface area contributed by atoms with Gasteiger partial charge in [0.25, 0.3) is 0 Å². The summed E-state index contributed by atoms with van der Waals surface area (Å²) in [6.07, 6.45) is 1.83. The van der Waals surface area contributed by atoms with Crippen molar-refractivity contribution in [1.29, 1.82) is 0 Å². The second-order valence-corrected chi connectivity index (χ2v) is 6.25. The van der Waals surface area contributed by atoms with Crippen molar-refractivity contribution in [2.75, 3.05) is 0 Å². The number of amides is 1. The summed E-state index contributed by atoms with van der Waals surface area (Å²) in [7, 11) is 0. The molecule has 0 atom stereocenters. The molecule has 0 saturated heterocycles. The Hall–Kier alpha value is -2.17. The SMILES string of the molecule is Cc1ccccc1CNC(=O)Cn1cc(C(C)(C)C)nn1. The molecule has 21 heavy (non-hydrogen) atoms. The molecular weight excluding hydrogens is 264 g/mol. The highest BCUT2D eigenvalue weighted by atomic mass is 16.2. The predicted octanol–water partition coefficient (Wildman–Crippen LogP) is 2.20. The van der Waals surface area contributed by atoms with Gasteiger partial charge < -0.3 is 5.32 Å². The lowest BCUT2D eigenvalue weighted by atomic mass is 9.93. The van der Waals surface area contributed by atoms with Gasteiger partial charge in [-0.25, -0.2) is 4.68 Å². The molecule has 0 spiro atoms. The third-order valence-electron chi connectivity index (χ3n) is 3.35. The molecule has 0 aliphatic rings. The van der Waals surface area contributed by atoms with Crippen molar-refractivity contribution < 1.29 is 4.79 Å². The Morgan fingerprint density at radius 3 is 2.62 bits per heavy atom. The van der Waals surface area contributed by atoms with Crippen LogP contribution < -0.4 is 5.32 Å². The third kappa shape index (κ3) is 4.15. The van der Waals surface area contributed by atoms with Crippen LogP contribution in [0.3, 0.4) is 0 Å². The number of carbonyl (C=O) groups is 1. The van der Waals surface area contributed by atoms with Gasteiger partial charge in [0.2, 0.25) is 5.91 Å². The van der Waals surface area contributed by atoms with Crippen LogP contribution in [0, 0.1) is 6.92 Å². The van der Waals surface area contributed by atoms with E-state index in [9.17, 15) is 4.79 Å². The molecule has 112 valence electrons. The van der Waals surface area contributed by atoms with Crippen molar-refractivity contribution in [3.8, 4) is 0 Å². The van der Waals surface area contributed by atoms with Gasteiger partial charge >= 0.3 is 0 Å². The summed E-state index contributed by atoms with van der Waals surface area (Å²) in [6, 6.07) is 8.02. The van der Waals surface area contributed by atoms with E-state index in [1.165, 1.54) is 5.56 Å². The highest BCUT2D eigenvalue weighted by molar-refractivity contribution is 5.75. The molecule has 5 nitrogen and oxygen atoms in total. The molecular formula is C16H22N4O. The lowest BCUT2D eigenvalue weighted by Crippen LogP contribution is -2.27. The largest absolute Gasteiger partial charge is 0.350 e. The molecule has 0 aliphatic carbocycles. The van der Waals surface area contributed by atoms with Gasteiger partial charge in [-0.1, -0.05) is 50.3 Å². The summed E-state index contributed by atoms with van der Waals surface area (Å²) in [5.74, 6) is -0.0661. The van der Waals surface area contributed by atoms with Gasteiger partial charge in [-0.05, 0) is 18.1 Å². The highest BCUT2D eigenvalue weighted by Gasteiger charge is 2.18. The summed E-state index contributed by atoms with van der Waals surface area (Å²) in [6.45, 7) is 8.97. The molecule has 2 rings (SSSR count). The van der Waals surface area contributed by atoms with E-state index in [1.54, 1.807) is 4.68 Å². The number of carbonyl (C=O) groups excluding carboxylic acids is 1. The van der Waals surface area contributed by atoms with E-state index in [0.29, 0.717) is 6.54 Å². The van der Waals surface area contributed by atoms with Crippen molar-refractivity contribution in [1.82, 2.24) is 20.3 Å². The Morgan fingerprint density at radius 1 is 1.29 bits per heavy atom. The zero-order valence-electron chi connectivity index (χ0n) is 13.1. The lowest BCUT2D eigenvalue weighted by molar-refractivity contribution is -0.122. The molecule has 0 saturated carbocycles. The van der Waals surface area contributed by atoms with Crippen LogP contribution in [0.5, 0.6) is 0 Å². The lowest BCUT2D eigenvalue weighted by Gasteiger charge is -2.12. The Balaban J connectivity index is 1.90. The first-order chi connectivity index (χ1) is 9.86. The summed E-state index contributed by atoms with van der Waals surface area (Å²) in [5.41, 5.74) is 3.12. The van der Waals surface area contributed by atoms with Gasteiger partial charge in [0.05, 0.1) is 5.69 Å². The fourth-order valence-electron chi connectivity index (χ4n) is 1.92. The van der Waals surface area contributed by atoms with E-state index in [4.69, 9.17) is 0 Å². The molecule has 1 aromatic carbocycles. The molecule has 1 amide bonds. The fourth-order valence-corrected chi connectivity index (χ4v) is 1.92. The molecule has 5 heteroatoms. The Morgan fingerprint density at radius 2 is 2.00 bits per heavy atom. The molecule has 0 fully saturated rings. The van der Waals surface area contributed by atoms with Gasteiger partial charge in [0, 0.05) is 18.2 Å². The Kier molecular flexibility index (Phi) is 4.40. The normalized spacial score (nSPS) is 11.4. The van der Waals surface area contributed by atoms with Crippen LogP contribution in [0.2, 0.25) is 0 Å². The minimum atomic E-state index is -0.0661. The number of nitrogens with one attached hydrogen (secondary N) is 1. The van der Waals surface area contributed by atoms with E-state index in [1.807, 2.05) is 37.4 Å². The van der Waals surface area contributed by atoms with Crippen LogP contribution >= 0.6 is 0 Å². The van der Waals surface area contributed by atoms with Crippen LogP contribution in [0.15, 0.2) is 30.5 Å². The summed E-state index contributed by atoms with van der Waals surface area (Å²) in [5, 5.41) is 11.0. The second-order valence-electron chi connectivity index (χ2n) is 6.25. The fraction of sp³-hybridized carbons (Fsp3) is 0.438. The molecule has 0 bridgehead atoms. The first kappa shape index (κ1) is 15.2. The minimum absolute atomic E-state index is 0.0596. The molecule has 1 aromatic heterocycles. The predicted molar refractivity (Wildman–Crippen MR) is 81.7 cm³/mol. The average molecular weight is 286 g/mol. The van der Waals surface area contributed by atoms with Gasteiger partial charge in [0.15, 0.2) is 0 Å². The zero-order chi connectivity index (χ0) is 15.5. The van der Waals surface area contributed by atoms with E-state index < -0.39 is 0 Å². The van der Waals surface area contributed by atoms with Crippen LogP contribution in [-0.4, -0.2) is 20.9 Å². The van der Waals surface area contributed by atoms with Gasteiger partial charge in [-0.3, -0.25) is 4.79 Å². The number of aromatic nitrogens is 3. The van der Waals surface area contributed by atoms with Crippen LogP contribution in [0.1, 0.15) is 37.6 Å². The van der Waals surface area contributed by atoms with Gasteiger partial charge in [0.1, 0.15) is 6.54 Å². The number of hydrogen-bond acceptors (Lipinski definition) is 3. The molecule has 0 radical (unpaired) electrons. The molecule has 2 aromatic rings. The third-order valence-corrected chi connectivity index (χ3v) is 3.35. The van der Waals surface area contributed by atoms with E-state index in [-0.39, 0.29) is 17.9 Å².